The minimum Gasteiger partial charge on any atom is -0.444 e. The van der Waals surface area contributed by atoms with Crippen LogP contribution < -0.4 is 0 Å². The molecule has 2 aromatic heterocycles. The summed E-state index contributed by atoms with van der Waals surface area (Å²) in [6.45, 7) is 4.78. The molecule has 35 heavy (non-hydrogen) atoms. The van der Waals surface area contributed by atoms with Gasteiger partial charge >= 0.3 is 12.3 Å². The number of pyridine rings is 2. The third kappa shape index (κ3) is 6.53. The van der Waals surface area contributed by atoms with E-state index in [0.29, 0.717) is 11.3 Å². The molecule has 2 aromatic rings. The van der Waals surface area contributed by atoms with Gasteiger partial charge in [-0.1, -0.05) is 6.07 Å². The molecular weight excluding hydrogens is 468 g/mol. The first-order chi connectivity index (χ1) is 16.3. The third-order valence-corrected chi connectivity index (χ3v) is 5.32. The van der Waals surface area contributed by atoms with E-state index in [-0.39, 0.29) is 42.7 Å². The molecule has 2 atom stereocenters. The summed E-state index contributed by atoms with van der Waals surface area (Å²) in [5, 5.41) is 9.37. The molecule has 11 heteroatoms. The molecule has 7 nitrogen and oxygen atoms in total. The normalized spacial score (nSPS) is 18.3. The molecule has 0 bridgehead atoms. The molecule has 1 unspecified atom stereocenters. The number of Topliss-reactive ketones (excluding diaryl/α,β-unsaturated/α-hetero) is 1. The number of likely N-dealkylation sites (tertiary alicyclic amines) is 1. The van der Waals surface area contributed by atoms with E-state index in [9.17, 15) is 32.4 Å². The molecule has 3 rings (SSSR count). The Morgan fingerprint density at radius 2 is 1.91 bits per heavy atom. The van der Waals surface area contributed by atoms with Crippen molar-refractivity contribution < 1.29 is 31.9 Å². The highest BCUT2D eigenvalue weighted by Gasteiger charge is 2.41. The Hall–Kier alpha value is -3.55. The number of carbonyl (C=O) groups is 2. The van der Waals surface area contributed by atoms with Crippen LogP contribution in [0, 0.1) is 11.3 Å². The maximum Gasteiger partial charge on any atom is 0.433 e. The first kappa shape index (κ1) is 26.1. The van der Waals surface area contributed by atoms with Crippen molar-refractivity contribution in [3.05, 3.63) is 47.5 Å². The summed E-state index contributed by atoms with van der Waals surface area (Å²) in [5.41, 5.74) is -0.700. The second kappa shape index (κ2) is 9.98. The van der Waals surface area contributed by atoms with E-state index < -0.39 is 35.8 Å². The smallest absolute Gasteiger partial charge is 0.433 e. The van der Waals surface area contributed by atoms with Crippen LogP contribution in [0.4, 0.5) is 22.4 Å². The molecule has 1 aliphatic heterocycles. The number of hydrogen-bond acceptors (Lipinski definition) is 6. The molecule has 0 saturated carbocycles. The van der Waals surface area contributed by atoms with Gasteiger partial charge in [-0.2, -0.15) is 18.4 Å². The topological polar surface area (TPSA) is 96.2 Å². The van der Waals surface area contributed by atoms with E-state index in [4.69, 9.17) is 4.74 Å². The zero-order valence-electron chi connectivity index (χ0n) is 19.4. The van der Waals surface area contributed by atoms with Crippen molar-refractivity contribution in [1.82, 2.24) is 14.9 Å². The standard InChI is InChI=1S/C24H24F4N4O3/c1-23(2,3)35-22(34)32-13-16(25)8-19(32)20(33)6-5-17-9-18(15(10-29)12-30-17)14-4-7-21(31-11-14)24(26,27)28/h4,7,9,11-12,16,19H,5-6,8,13H2,1-3H3/t16-,19?/m1/s1. The third-order valence-electron chi connectivity index (χ3n) is 5.32. The summed E-state index contributed by atoms with van der Waals surface area (Å²) in [4.78, 5) is 33.9. The van der Waals surface area contributed by atoms with E-state index in [1.54, 1.807) is 20.8 Å². The molecule has 3 heterocycles. The highest BCUT2D eigenvalue weighted by molar-refractivity contribution is 5.88. The van der Waals surface area contributed by atoms with Crippen molar-refractivity contribution in [2.45, 2.75) is 64.0 Å². The minimum atomic E-state index is -4.59. The number of aryl methyl sites for hydroxylation is 1. The second-order valence-electron chi connectivity index (χ2n) is 9.21. The lowest BCUT2D eigenvalue weighted by atomic mass is 9.99. The van der Waals surface area contributed by atoms with E-state index in [1.165, 1.54) is 18.3 Å². The molecule has 186 valence electrons. The van der Waals surface area contributed by atoms with Crippen LogP contribution in [0.15, 0.2) is 30.6 Å². The molecule has 1 saturated heterocycles. The zero-order chi connectivity index (χ0) is 26.0. The second-order valence-corrected chi connectivity index (χ2v) is 9.21. The Balaban J connectivity index is 1.74. The summed E-state index contributed by atoms with van der Waals surface area (Å²) < 4.78 is 57.7. The van der Waals surface area contributed by atoms with Gasteiger partial charge in [0.15, 0.2) is 5.78 Å². The molecule has 0 radical (unpaired) electrons. The number of carbonyl (C=O) groups excluding carboxylic acids is 2. The lowest BCUT2D eigenvalue weighted by Gasteiger charge is -2.27. The van der Waals surface area contributed by atoms with Crippen molar-refractivity contribution in [3.8, 4) is 17.2 Å². The molecule has 0 N–H and O–H groups in total. The Labute approximate surface area is 199 Å². The van der Waals surface area contributed by atoms with E-state index >= 15 is 0 Å². The van der Waals surface area contributed by atoms with Crippen LogP contribution >= 0.6 is 0 Å². The fourth-order valence-corrected chi connectivity index (χ4v) is 3.71. The average molecular weight is 492 g/mol. The predicted molar refractivity (Wildman–Crippen MR) is 117 cm³/mol. The quantitative estimate of drug-likeness (QED) is 0.552. The SMILES string of the molecule is CC(C)(C)OC(=O)N1C[C@H](F)CC1C(=O)CCc1cc(-c2ccc(C(F)(F)F)nc2)c(C#N)cn1. The number of hydrogen-bond donors (Lipinski definition) is 0. The number of halogens is 4. The van der Waals surface area contributed by atoms with Gasteiger partial charge in [0.25, 0.3) is 0 Å². The van der Waals surface area contributed by atoms with Gasteiger partial charge in [0.05, 0.1) is 18.2 Å². The summed E-state index contributed by atoms with van der Waals surface area (Å²) in [6, 6.07) is 4.51. The molecule has 0 spiro atoms. The van der Waals surface area contributed by atoms with Crippen LogP contribution in [0.25, 0.3) is 11.1 Å². The number of alkyl halides is 4. The highest BCUT2D eigenvalue weighted by Crippen LogP contribution is 2.30. The van der Waals surface area contributed by atoms with Gasteiger partial charge < -0.3 is 4.74 Å². The number of nitriles is 1. The minimum absolute atomic E-state index is 0.0553. The van der Waals surface area contributed by atoms with Crippen molar-refractivity contribution in [2.24, 2.45) is 0 Å². The monoisotopic (exact) mass is 492 g/mol. The van der Waals surface area contributed by atoms with E-state index in [0.717, 1.165) is 17.2 Å². The molecule has 1 fully saturated rings. The molecule has 0 aliphatic carbocycles. The van der Waals surface area contributed by atoms with Crippen LogP contribution in [-0.2, 0) is 22.1 Å². The van der Waals surface area contributed by atoms with Crippen molar-refractivity contribution >= 4 is 11.9 Å². The van der Waals surface area contributed by atoms with Gasteiger partial charge in [0.1, 0.15) is 23.5 Å². The van der Waals surface area contributed by atoms with Crippen LogP contribution in [0.5, 0.6) is 0 Å². The number of amides is 1. The highest BCUT2D eigenvalue weighted by atomic mass is 19.4. The van der Waals surface area contributed by atoms with Gasteiger partial charge in [0, 0.05) is 42.1 Å². The number of nitrogens with zero attached hydrogens (tertiary/aromatic N) is 4. The Bertz CT molecular complexity index is 1140. The number of aromatic nitrogens is 2. The lowest BCUT2D eigenvalue weighted by molar-refractivity contribution is -0.141. The van der Waals surface area contributed by atoms with Gasteiger partial charge in [-0.05, 0) is 39.3 Å². The van der Waals surface area contributed by atoms with Gasteiger partial charge in [-0.3, -0.25) is 19.7 Å². The van der Waals surface area contributed by atoms with Crippen molar-refractivity contribution in [1.29, 1.82) is 5.26 Å². The van der Waals surface area contributed by atoms with E-state index in [2.05, 4.69) is 9.97 Å². The summed E-state index contributed by atoms with van der Waals surface area (Å²) in [6.07, 6.45) is -4.46. The molecular formula is C24H24F4N4O3. The van der Waals surface area contributed by atoms with Crippen molar-refractivity contribution in [2.75, 3.05) is 6.54 Å². The Kier molecular flexibility index (Phi) is 7.43. The van der Waals surface area contributed by atoms with Crippen molar-refractivity contribution in [3.63, 3.8) is 0 Å². The maximum atomic E-state index is 14.0. The number of ketones is 1. The lowest BCUT2D eigenvalue weighted by Crippen LogP contribution is -2.43. The van der Waals surface area contributed by atoms with Gasteiger partial charge in [-0.25, -0.2) is 9.18 Å². The molecule has 1 amide bonds. The predicted octanol–water partition coefficient (Wildman–Crippen LogP) is 4.88. The number of ether oxygens (including phenoxy) is 1. The van der Waals surface area contributed by atoms with Gasteiger partial charge in [0.2, 0.25) is 0 Å². The molecule has 0 aromatic carbocycles. The van der Waals surface area contributed by atoms with Crippen LogP contribution in [-0.4, -0.2) is 51.1 Å². The average Bonchev–Trinajstić information content (AvgIpc) is 3.17. The summed E-state index contributed by atoms with van der Waals surface area (Å²) in [7, 11) is 0. The summed E-state index contributed by atoms with van der Waals surface area (Å²) >= 11 is 0. The van der Waals surface area contributed by atoms with E-state index in [1.807, 2.05) is 6.07 Å². The fraction of sp³-hybridized carbons (Fsp3) is 0.458. The van der Waals surface area contributed by atoms with Crippen LogP contribution in [0.1, 0.15) is 50.6 Å². The Morgan fingerprint density at radius 3 is 2.49 bits per heavy atom. The largest absolute Gasteiger partial charge is 0.444 e. The van der Waals surface area contributed by atoms with Crippen LogP contribution in [0.2, 0.25) is 0 Å². The van der Waals surface area contributed by atoms with Gasteiger partial charge in [-0.15, -0.1) is 0 Å². The Morgan fingerprint density at radius 1 is 1.20 bits per heavy atom. The first-order valence-electron chi connectivity index (χ1n) is 10.9. The summed E-state index contributed by atoms with van der Waals surface area (Å²) in [5.74, 6) is -0.361. The van der Waals surface area contributed by atoms with Crippen LogP contribution in [0.3, 0.4) is 0 Å². The molecule has 1 aliphatic rings. The maximum absolute atomic E-state index is 14.0. The first-order valence-corrected chi connectivity index (χ1v) is 10.9. The zero-order valence-corrected chi connectivity index (χ0v) is 19.4. The number of rotatable bonds is 5. The fourth-order valence-electron chi connectivity index (χ4n) is 3.71.